The first-order valence-corrected chi connectivity index (χ1v) is 6.41. The van der Waals surface area contributed by atoms with E-state index in [0.29, 0.717) is 5.92 Å². The van der Waals surface area contributed by atoms with Gasteiger partial charge in [-0.1, -0.05) is 45.1 Å². The maximum Gasteiger partial charge on any atom is 0.131 e. The van der Waals surface area contributed by atoms with E-state index in [-0.39, 0.29) is 0 Å². The zero-order valence-corrected chi connectivity index (χ0v) is 11.7. The number of methoxy groups -OCH3 is 1. The van der Waals surface area contributed by atoms with Gasteiger partial charge in [0.25, 0.3) is 0 Å². The van der Waals surface area contributed by atoms with Crippen LogP contribution < -0.4 is 10.5 Å². The van der Waals surface area contributed by atoms with Crippen LogP contribution in [0.15, 0.2) is 36.4 Å². The molecule has 1 rings (SSSR count). The summed E-state index contributed by atoms with van der Waals surface area (Å²) < 4.78 is 5.52. The molecule has 1 aromatic rings. The van der Waals surface area contributed by atoms with E-state index in [1.807, 2.05) is 24.3 Å². The standard InChI is InChI=1S/C16H23NO/c1-5-6-7-11-15(17)14-10-8-9-13(12(2)3)16(14)18-4/h6-12H,5,17H2,1-4H3/b7-6-,15-11-. The largest absolute Gasteiger partial charge is 0.496 e. The van der Waals surface area contributed by atoms with Crippen molar-refractivity contribution in [2.45, 2.75) is 33.1 Å². The quantitative estimate of drug-likeness (QED) is 0.793. The summed E-state index contributed by atoms with van der Waals surface area (Å²) in [5.41, 5.74) is 8.99. The summed E-state index contributed by atoms with van der Waals surface area (Å²) in [6.45, 7) is 6.40. The lowest BCUT2D eigenvalue weighted by Gasteiger charge is -2.15. The van der Waals surface area contributed by atoms with Crippen molar-refractivity contribution in [3.63, 3.8) is 0 Å². The zero-order valence-electron chi connectivity index (χ0n) is 11.7. The van der Waals surface area contributed by atoms with Gasteiger partial charge in [-0.3, -0.25) is 0 Å². The van der Waals surface area contributed by atoms with Crippen LogP contribution in [0.5, 0.6) is 5.75 Å². The normalized spacial score (nSPS) is 12.4. The lowest BCUT2D eigenvalue weighted by molar-refractivity contribution is 0.406. The molecule has 2 N–H and O–H groups in total. The summed E-state index contributed by atoms with van der Waals surface area (Å²) in [7, 11) is 1.69. The second kappa shape index (κ2) is 6.90. The summed E-state index contributed by atoms with van der Waals surface area (Å²) >= 11 is 0. The Hall–Kier alpha value is -1.70. The summed E-state index contributed by atoms with van der Waals surface area (Å²) in [5, 5.41) is 0. The minimum Gasteiger partial charge on any atom is -0.496 e. The van der Waals surface area contributed by atoms with Crippen molar-refractivity contribution in [1.29, 1.82) is 0 Å². The third-order valence-electron chi connectivity index (χ3n) is 2.83. The second-order valence-corrected chi connectivity index (χ2v) is 4.54. The van der Waals surface area contributed by atoms with E-state index in [4.69, 9.17) is 10.5 Å². The Bertz CT molecular complexity index is 444. The highest BCUT2D eigenvalue weighted by molar-refractivity contribution is 5.71. The van der Waals surface area contributed by atoms with Crippen LogP contribution in [0.4, 0.5) is 0 Å². The smallest absolute Gasteiger partial charge is 0.131 e. The van der Waals surface area contributed by atoms with Crippen molar-refractivity contribution in [3.8, 4) is 5.75 Å². The molecule has 2 heteroatoms. The van der Waals surface area contributed by atoms with Gasteiger partial charge in [-0.05, 0) is 30.0 Å². The van der Waals surface area contributed by atoms with Gasteiger partial charge < -0.3 is 10.5 Å². The van der Waals surface area contributed by atoms with Gasteiger partial charge in [0.2, 0.25) is 0 Å². The fraction of sp³-hybridized carbons (Fsp3) is 0.375. The summed E-state index contributed by atoms with van der Waals surface area (Å²) in [6.07, 6.45) is 6.99. The predicted octanol–water partition coefficient (Wildman–Crippen LogP) is 4.08. The van der Waals surface area contributed by atoms with Crippen LogP contribution in [0.1, 0.15) is 44.2 Å². The minimum absolute atomic E-state index is 0.416. The third kappa shape index (κ3) is 3.39. The van der Waals surface area contributed by atoms with Crippen molar-refractivity contribution in [3.05, 3.63) is 47.6 Å². The van der Waals surface area contributed by atoms with Gasteiger partial charge in [-0.15, -0.1) is 0 Å². The molecular weight excluding hydrogens is 222 g/mol. The SMILES string of the molecule is CC/C=C\C=C(/N)c1cccc(C(C)C)c1OC. The van der Waals surface area contributed by atoms with Gasteiger partial charge in [0, 0.05) is 11.3 Å². The minimum atomic E-state index is 0.416. The average Bonchev–Trinajstić information content (AvgIpc) is 2.37. The Morgan fingerprint density at radius 3 is 2.67 bits per heavy atom. The van der Waals surface area contributed by atoms with E-state index in [2.05, 4.69) is 32.9 Å². The Labute approximate surface area is 110 Å². The van der Waals surface area contributed by atoms with Gasteiger partial charge in [0.1, 0.15) is 5.75 Å². The molecule has 0 fully saturated rings. The highest BCUT2D eigenvalue weighted by Gasteiger charge is 2.12. The predicted molar refractivity (Wildman–Crippen MR) is 78.7 cm³/mol. The first-order chi connectivity index (χ1) is 8.61. The van der Waals surface area contributed by atoms with Crippen molar-refractivity contribution >= 4 is 5.70 Å². The van der Waals surface area contributed by atoms with Crippen LogP contribution in [0, 0.1) is 0 Å². The van der Waals surface area contributed by atoms with Crippen molar-refractivity contribution < 1.29 is 4.74 Å². The van der Waals surface area contributed by atoms with Gasteiger partial charge in [-0.25, -0.2) is 0 Å². The Morgan fingerprint density at radius 2 is 2.11 bits per heavy atom. The molecule has 0 aliphatic heterocycles. The summed E-state index contributed by atoms with van der Waals surface area (Å²) in [6, 6.07) is 6.11. The first kappa shape index (κ1) is 14.4. The molecule has 0 aromatic heterocycles. The molecule has 0 atom stereocenters. The number of para-hydroxylation sites is 1. The molecule has 18 heavy (non-hydrogen) atoms. The Balaban J connectivity index is 3.20. The van der Waals surface area contributed by atoms with Crippen LogP contribution in [-0.2, 0) is 0 Å². The molecule has 0 unspecified atom stereocenters. The molecule has 0 bridgehead atoms. The van der Waals surface area contributed by atoms with Crippen molar-refractivity contribution in [2.24, 2.45) is 5.73 Å². The van der Waals surface area contributed by atoms with E-state index in [1.54, 1.807) is 7.11 Å². The van der Waals surface area contributed by atoms with E-state index >= 15 is 0 Å². The molecule has 2 nitrogen and oxygen atoms in total. The molecule has 0 spiro atoms. The molecular formula is C16H23NO. The maximum atomic E-state index is 6.11. The first-order valence-electron chi connectivity index (χ1n) is 6.41. The second-order valence-electron chi connectivity index (χ2n) is 4.54. The lowest BCUT2D eigenvalue weighted by Crippen LogP contribution is -2.03. The van der Waals surface area contributed by atoms with Gasteiger partial charge >= 0.3 is 0 Å². The number of benzene rings is 1. The van der Waals surface area contributed by atoms with Gasteiger partial charge in [-0.2, -0.15) is 0 Å². The van der Waals surface area contributed by atoms with E-state index in [1.165, 1.54) is 5.56 Å². The highest BCUT2D eigenvalue weighted by atomic mass is 16.5. The van der Waals surface area contributed by atoms with Crippen LogP contribution in [0.2, 0.25) is 0 Å². The van der Waals surface area contributed by atoms with Crippen LogP contribution in [-0.4, -0.2) is 7.11 Å². The fourth-order valence-corrected chi connectivity index (χ4v) is 1.86. The molecule has 1 aromatic carbocycles. The summed E-state index contributed by atoms with van der Waals surface area (Å²) in [5.74, 6) is 1.30. The lowest BCUT2D eigenvalue weighted by atomic mass is 9.97. The Morgan fingerprint density at radius 1 is 1.39 bits per heavy atom. The van der Waals surface area contributed by atoms with Gasteiger partial charge in [0.15, 0.2) is 0 Å². The number of nitrogens with two attached hydrogens (primary N) is 1. The Kier molecular flexibility index (Phi) is 5.50. The van der Waals surface area contributed by atoms with Crippen molar-refractivity contribution in [1.82, 2.24) is 0 Å². The van der Waals surface area contributed by atoms with Crippen LogP contribution >= 0.6 is 0 Å². The number of allylic oxidation sites excluding steroid dienone is 3. The molecule has 0 amide bonds. The number of hydrogen-bond acceptors (Lipinski definition) is 2. The summed E-state index contributed by atoms with van der Waals surface area (Å²) in [4.78, 5) is 0. The maximum absolute atomic E-state index is 6.11. The third-order valence-corrected chi connectivity index (χ3v) is 2.83. The van der Waals surface area contributed by atoms with Crippen LogP contribution in [0.3, 0.4) is 0 Å². The van der Waals surface area contributed by atoms with E-state index in [0.717, 1.165) is 23.4 Å². The molecule has 0 radical (unpaired) electrons. The molecule has 98 valence electrons. The zero-order chi connectivity index (χ0) is 13.5. The molecule has 0 saturated carbocycles. The monoisotopic (exact) mass is 245 g/mol. The number of hydrogen-bond donors (Lipinski definition) is 1. The number of rotatable bonds is 5. The van der Waals surface area contributed by atoms with Gasteiger partial charge in [0.05, 0.1) is 7.11 Å². The average molecular weight is 245 g/mol. The van der Waals surface area contributed by atoms with E-state index < -0.39 is 0 Å². The van der Waals surface area contributed by atoms with Crippen molar-refractivity contribution in [2.75, 3.05) is 7.11 Å². The molecule has 0 heterocycles. The van der Waals surface area contributed by atoms with E-state index in [9.17, 15) is 0 Å². The molecule has 0 aliphatic carbocycles. The fourth-order valence-electron chi connectivity index (χ4n) is 1.86. The number of ether oxygens (including phenoxy) is 1. The van der Waals surface area contributed by atoms with Crippen LogP contribution in [0.25, 0.3) is 5.70 Å². The highest BCUT2D eigenvalue weighted by Crippen LogP contribution is 2.32. The molecule has 0 saturated heterocycles. The molecule has 0 aliphatic rings. The topological polar surface area (TPSA) is 35.2 Å².